The van der Waals surface area contributed by atoms with Gasteiger partial charge in [0.15, 0.2) is 11.6 Å². The van der Waals surface area contributed by atoms with Crippen molar-refractivity contribution < 1.29 is 4.74 Å². The van der Waals surface area contributed by atoms with Crippen molar-refractivity contribution in [1.29, 1.82) is 0 Å². The van der Waals surface area contributed by atoms with Gasteiger partial charge in [-0.3, -0.25) is 5.10 Å². The first-order valence-electron chi connectivity index (χ1n) is 6.95. The molecule has 0 aliphatic rings. The molecule has 1 aromatic carbocycles. The molecule has 0 saturated carbocycles. The Hall–Kier alpha value is -2.25. The van der Waals surface area contributed by atoms with Crippen LogP contribution in [0.1, 0.15) is 10.7 Å². The van der Waals surface area contributed by atoms with Gasteiger partial charge in [-0.25, -0.2) is 9.97 Å². The first-order valence-corrected chi connectivity index (χ1v) is 7.76. The van der Waals surface area contributed by atoms with Crippen LogP contribution in [0.4, 0.5) is 0 Å². The van der Waals surface area contributed by atoms with Gasteiger partial charge in [0.2, 0.25) is 0 Å². The van der Waals surface area contributed by atoms with E-state index in [1.54, 1.807) is 18.4 Å². The number of thiazole rings is 1. The average Bonchev–Trinajstić information content (AvgIpc) is 3.14. The summed E-state index contributed by atoms with van der Waals surface area (Å²) in [6.07, 6.45) is 0.780. The Morgan fingerprint density at radius 1 is 1.32 bits per heavy atom. The van der Waals surface area contributed by atoms with Gasteiger partial charge < -0.3 is 10.5 Å². The topological polar surface area (TPSA) is 89.7 Å². The number of nitrogens with two attached hydrogens (primary N) is 1. The Labute approximate surface area is 132 Å². The molecule has 0 aliphatic heterocycles. The van der Waals surface area contributed by atoms with E-state index in [1.165, 1.54) is 0 Å². The van der Waals surface area contributed by atoms with Crippen LogP contribution < -0.4 is 10.5 Å². The molecule has 22 heavy (non-hydrogen) atoms. The van der Waals surface area contributed by atoms with Gasteiger partial charge in [0, 0.05) is 12.0 Å². The van der Waals surface area contributed by atoms with Crippen LogP contribution in [0.25, 0.3) is 22.1 Å². The number of nitrogens with zero attached hydrogens (tertiary/aromatic N) is 3. The number of ether oxygens (including phenoxy) is 1. The molecule has 0 aliphatic carbocycles. The molecule has 0 fully saturated rings. The van der Waals surface area contributed by atoms with Gasteiger partial charge in [-0.05, 0) is 25.6 Å². The molecular weight excluding hydrogens is 298 g/mol. The van der Waals surface area contributed by atoms with Crippen LogP contribution >= 0.6 is 11.3 Å². The molecule has 0 radical (unpaired) electrons. The van der Waals surface area contributed by atoms with Gasteiger partial charge in [-0.15, -0.1) is 11.3 Å². The Morgan fingerprint density at radius 3 is 2.95 bits per heavy atom. The van der Waals surface area contributed by atoms with Gasteiger partial charge in [0.25, 0.3) is 0 Å². The molecule has 7 heteroatoms. The number of methoxy groups -OCH3 is 1. The van der Waals surface area contributed by atoms with E-state index in [-0.39, 0.29) is 0 Å². The van der Waals surface area contributed by atoms with E-state index >= 15 is 0 Å². The lowest BCUT2D eigenvalue weighted by atomic mass is 10.2. The maximum Gasteiger partial charge on any atom is 0.181 e. The highest BCUT2D eigenvalue weighted by molar-refractivity contribution is 7.15. The third kappa shape index (κ3) is 2.86. The summed E-state index contributed by atoms with van der Waals surface area (Å²) in [5, 5.41) is 8.31. The number of rotatable bonds is 5. The summed E-state index contributed by atoms with van der Waals surface area (Å²) in [5.74, 6) is 2.15. The van der Waals surface area contributed by atoms with Crippen LogP contribution in [0.2, 0.25) is 0 Å². The normalized spacial score (nSPS) is 10.9. The molecule has 0 amide bonds. The number of aromatic nitrogens is 4. The fourth-order valence-electron chi connectivity index (χ4n) is 2.16. The van der Waals surface area contributed by atoms with Crippen LogP contribution in [-0.2, 0) is 6.42 Å². The van der Waals surface area contributed by atoms with Gasteiger partial charge >= 0.3 is 0 Å². The second kappa shape index (κ2) is 6.25. The number of aryl methyl sites for hydroxylation is 1. The molecular formula is C15H17N5OS. The molecule has 2 heterocycles. The third-order valence-electron chi connectivity index (χ3n) is 3.23. The van der Waals surface area contributed by atoms with Crippen molar-refractivity contribution in [1.82, 2.24) is 20.2 Å². The number of aromatic amines is 1. The molecule has 0 saturated heterocycles. The monoisotopic (exact) mass is 315 g/mol. The number of H-pyrrole nitrogens is 1. The summed E-state index contributed by atoms with van der Waals surface area (Å²) in [5.41, 5.74) is 7.44. The maximum atomic E-state index is 5.59. The zero-order valence-corrected chi connectivity index (χ0v) is 13.3. The highest BCUT2D eigenvalue weighted by atomic mass is 32.1. The zero-order valence-electron chi connectivity index (χ0n) is 12.5. The Bertz CT molecular complexity index is 780. The first-order chi connectivity index (χ1) is 10.7. The van der Waals surface area contributed by atoms with Crippen molar-refractivity contribution in [2.24, 2.45) is 5.73 Å². The lowest BCUT2D eigenvalue weighted by Crippen LogP contribution is -2.01. The molecule has 2 aromatic heterocycles. The lowest BCUT2D eigenvalue weighted by Gasteiger charge is -2.00. The Morgan fingerprint density at radius 2 is 2.18 bits per heavy atom. The van der Waals surface area contributed by atoms with Crippen LogP contribution in [0.3, 0.4) is 0 Å². The fourth-order valence-corrected chi connectivity index (χ4v) is 3.18. The SMILES string of the molecule is COc1cccc(-c2n[nH]c(-c3sc(CCN)nc3C)n2)c1. The van der Waals surface area contributed by atoms with Crippen LogP contribution in [0, 0.1) is 6.92 Å². The molecule has 0 unspecified atom stereocenters. The minimum absolute atomic E-state index is 0.595. The van der Waals surface area contributed by atoms with Gasteiger partial charge in [0.1, 0.15) is 5.75 Å². The van der Waals surface area contributed by atoms with Crippen molar-refractivity contribution in [2.45, 2.75) is 13.3 Å². The summed E-state index contributed by atoms with van der Waals surface area (Å²) >= 11 is 1.60. The Balaban J connectivity index is 1.93. The van der Waals surface area contributed by atoms with E-state index in [9.17, 15) is 0 Å². The minimum Gasteiger partial charge on any atom is -0.497 e. The lowest BCUT2D eigenvalue weighted by molar-refractivity contribution is 0.415. The molecule has 3 N–H and O–H groups in total. The number of nitrogens with one attached hydrogen (secondary N) is 1. The summed E-state index contributed by atoms with van der Waals surface area (Å²) in [7, 11) is 1.64. The van der Waals surface area contributed by atoms with E-state index in [4.69, 9.17) is 10.5 Å². The predicted octanol–water partition coefficient (Wildman–Crippen LogP) is 2.41. The van der Waals surface area contributed by atoms with Gasteiger partial charge in [-0.1, -0.05) is 12.1 Å². The van der Waals surface area contributed by atoms with Crippen molar-refractivity contribution >= 4 is 11.3 Å². The fraction of sp³-hybridized carbons (Fsp3) is 0.267. The summed E-state index contributed by atoms with van der Waals surface area (Å²) in [6, 6.07) is 7.67. The Kier molecular flexibility index (Phi) is 4.17. The number of benzene rings is 1. The third-order valence-corrected chi connectivity index (χ3v) is 4.45. The molecule has 0 spiro atoms. The molecule has 114 valence electrons. The first kappa shape index (κ1) is 14.7. The molecule has 6 nitrogen and oxygen atoms in total. The van der Waals surface area contributed by atoms with E-state index in [0.29, 0.717) is 12.4 Å². The molecule has 0 atom stereocenters. The highest BCUT2D eigenvalue weighted by Crippen LogP contribution is 2.29. The second-order valence-corrected chi connectivity index (χ2v) is 5.88. The smallest absolute Gasteiger partial charge is 0.181 e. The van der Waals surface area contributed by atoms with E-state index < -0.39 is 0 Å². The van der Waals surface area contributed by atoms with E-state index in [0.717, 1.165) is 39.1 Å². The quantitative estimate of drug-likeness (QED) is 0.754. The number of hydrogen-bond acceptors (Lipinski definition) is 6. The van der Waals surface area contributed by atoms with Crippen LogP contribution in [0.15, 0.2) is 24.3 Å². The van der Waals surface area contributed by atoms with Gasteiger partial charge in [-0.2, -0.15) is 5.10 Å². The highest BCUT2D eigenvalue weighted by Gasteiger charge is 2.14. The van der Waals surface area contributed by atoms with Crippen LogP contribution in [-0.4, -0.2) is 33.8 Å². The van der Waals surface area contributed by atoms with Crippen LogP contribution in [0.5, 0.6) is 5.75 Å². The minimum atomic E-state index is 0.595. The summed E-state index contributed by atoms with van der Waals surface area (Å²) < 4.78 is 5.23. The van der Waals surface area contributed by atoms with E-state index in [2.05, 4.69) is 20.2 Å². The average molecular weight is 315 g/mol. The van der Waals surface area contributed by atoms with Crippen molar-refractivity contribution in [2.75, 3.05) is 13.7 Å². The standard InChI is InChI=1S/C15H17N5OS/c1-9-13(22-12(17-9)6-7-16)15-18-14(19-20-15)10-4-3-5-11(8-10)21-2/h3-5,8H,6-7,16H2,1-2H3,(H,18,19,20). The summed E-state index contributed by atoms with van der Waals surface area (Å²) in [6.45, 7) is 2.57. The van der Waals surface area contributed by atoms with E-state index in [1.807, 2.05) is 31.2 Å². The van der Waals surface area contributed by atoms with Crippen molar-refractivity contribution in [3.63, 3.8) is 0 Å². The van der Waals surface area contributed by atoms with Crippen molar-refractivity contribution in [3.05, 3.63) is 35.0 Å². The largest absolute Gasteiger partial charge is 0.497 e. The molecule has 3 rings (SSSR count). The predicted molar refractivity (Wildman–Crippen MR) is 87.0 cm³/mol. The molecule has 0 bridgehead atoms. The molecule has 3 aromatic rings. The number of hydrogen-bond donors (Lipinski definition) is 2. The summed E-state index contributed by atoms with van der Waals surface area (Å²) in [4.78, 5) is 10.1. The van der Waals surface area contributed by atoms with Crippen molar-refractivity contribution in [3.8, 4) is 27.8 Å². The second-order valence-electron chi connectivity index (χ2n) is 4.80. The van der Waals surface area contributed by atoms with Gasteiger partial charge in [0.05, 0.1) is 22.7 Å². The zero-order chi connectivity index (χ0) is 15.5. The maximum absolute atomic E-state index is 5.59.